The SMILES string of the molecule is O=C(Cc1ccccc1Cl)N(Cc1ccccc1)[C@@H]1CCS(=O)(=O)C1. The zero-order valence-electron chi connectivity index (χ0n) is 13.8. The fraction of sp³-hybridized carbons (Fsp3) is 0.316. The number of halogens is 1. The molecule has 2 aromatic rings. The lowest BCUT2D eigenvalue weighted by Crippen LogP contribution is -2.41. The van der Waals surface area contributed by atoms with E-state index in [1.54, 1.807) is 11.0 Å². The van der Waals surface area contributed by atoms with Crippen molar-refractivity contribution >= 4 is 27.3 Å². The van der Waals surface area contributed by atoms with E-state index in [0.717, 1.165) is 11.1 Å². The molecule has 0 saturated carbocycles. The number of sulfone groups is 1. The molecule has 0 bridgehead atoms. The quantitative estimate of drug-likeness (QED) is 0.804. The summed E-state index contributed by atoms with van der Waals surface area (Å²) >= 11 is 6.17. The molecule has 0 radical (unpaired) electrons. The Balaban J connectivity index is 1.82. The summed E-state index contributed by atoms with van der Waals surface area (Å²) < 4.78 is 23.7. The van der Waals surface area contributed by atoms with Crippen LogP contribution in [0, 0.1) is 0 Å². The van der Waals surface area contributed by atoms with E-state index in [4.69, 9.17) is 11.6 Å². The summed E-state index contributed by atoms with van der Waals surface area (Å²) in [7, 11) is -3.07. The van der Waals surface area contributed by atoms with E-state index in [-0.39, 0.29) is 29.9 Å². The highest BCUT2D eigenvalue weighted by Crippen LogP contribution is 2.23. The van der Waals surface area contributed by atoms with Crippen LogP contribution in [0.1, 0.15) is 17.5 Å². The van der Waals surface area contributed by atoms with Gasteiger partial charge in [-0.1, -0.05) is 60.1 Å². The Hall–Kier alpha value is -1.85. The first-order valence-electron chi connectivity index (χ1n) is 8.22. The first-order valence-corrected chi connectivity index (χ1v) is 10.4. The third kappa shape index (κ3) is 4.61. The zero-order chi connectivity index (χ0) is 17.9. The molecule has 2 aromatic carbocycles. The molecule has 0 aromatic heterocycles. The van der Waals surface area contributed by atoms with E-state index in [1.165, 1.54) is 0 Å². The molecule has 1 aliphatic heterocycles. The van der Waals surface area contributed by atoms with Crippen LogP contribution < -0.4 is 0 Å². The predicted octanol–water partition coefficient (Wildman–Crippen LogP) is 3.10. The van der Waals surface area contributed by atoms with Crippen LogP contribution in [-0.4, -0.2) is 36.8 Å². The minimum atomic E-state index is -3.07. The van der Waals surface area contributed by atoms with Crippen molar-refractivity contribution in [3.05, 3.63) is 70.7 Å². The third-order valence-electron chi connectivity index (χ3n) is 4.46. The fourth-order valence-corrected chi connectivity index (χ4v) is 5.06. The van der Waals surface area contributed by atoms with Gasteiger partial charge in [0.2, 0.25) is 5.91 Å². The summed E-state index contributed by atoms with van der Waals surface area (Å²) in [5, 5.41) is 0.551. The van der Waals surface area contributed by atoms with Crippen molar-refractivity contribution in [1.29, 1.82) is 0 Å². The topological polar surface area (TPSA) is 54.5 Å². The number of carbonyl (C=O) groups excluding carboxylic acids is 1. The number of amides is 1. The van der Waals surface area contributed by atoms with Crippen molar-refractivity contribution in [2.75, 3.05) is 11.5 Å². The van der Waals surface area contributed by atoms with E-state index < -0.39 is 9.84 Å². The molecule has 25 heavy (non-hydrogen) atoms. The van der Waals surface area contributed by atoms with Crippen LogP contribution in [0.2, 0.25) is 5.02 Å². The van der Waals surface area contributed by atoms with Gasteiger partial charge in [-0.15, -0.1) is 0 Å². The van der Waals surface area contributed by atoms with Crippen molar-refractivity contribution in [2.24, 2.45) is 0 Å². The lowest BCUT2D eigenvalue weighted by Gasteiger charge is -2.28. The Morgan fingerprint density at radius 1 is 1.08 bits per heavy atom. The van der Waals surface area contributed by atoms with Crippen LogP contribution in [-0.2, 0) is 27.6 Å². The molecule has 6 heteroatoms. The van der Waals surface area contributed by atoms with E-state index >= 15 is 0 Å². The van der Waals surface area contributed by atoms with Gasteiger partial charge in [-0.2, -0.15) is 0 Å². The van der Waals surface area contributed by atoms with Gasteiger partial charge in [-0.25, -0.2) is 8.42 Å². The number of rotatable bonds is 5. The molecule has 0 unspecified atom stereocenters. The predicted molar refractivity (Wildman–Crippen MR) is 99.2 cm³/mol. The highest BCUT2D eigenvalue weighted by Gasteiger charge is 2.34. The number of benzene rings is 2. The smallest absolute Gasteiger partial charge is 0.227 e. The van der Waals surface area contributed by atoms with Crippen molar-refractivity contribution in [2.45, 2.75) is 25.4 Å². The molecular weight excluding hydrogens is 358 g/mol. The van der Waals surface area contributed by atoms with Crippen LogP contribution in [0.25, 0.3) is 0 Å². The summed E-state index contributed by atoms with van der Waals surface area (Å²) in [6.45, 7) is 0.407. The van der Waals surface area contributed by atoms with E-state index in [9.17, 15) is 13.2 Å². The van der Waals surface area contributed by atoms with Crippen LogP contribution in [0.15, 0.2) is 54.6 Å². The second-order valence-corrected chi connectivity index (χ2v) is 8.97. The summed E-state index contributed by atoms with van der Waals surface area (Å²) in [5.74, 6) is 0.0789. The molecule has 1 aliphatic rings. The molecule has 0 spiro atoms. The maximum Gasteiger partial charge on any atom is 0.227 e. The summed E-state index contributed by atoms with van der Waals surface area (Å²) in [6.07, 6.45) is 0.659. The Labute approximate surface area is 153 Å². The van der Waals surface area contributed by atoms with Crippen LogP contribution in [0.3, 0.4) is 0 Å². The van der Waals surface area contributed by atoms with Gasteiger partial charge in [0.1, 0.15) is 0 Å². The van der Waals surface area contributed by atoms with E-state index in [1.807, 2.05) is 48.5 Å². The summed E-state index contributed by atoms with van der Waals surface area (Å²) in [4.78, 5) is 14.6. The molecule has 4 nitrogen and oxygen atoms in total. The monoisotopic (exact) mass is 377 g/mol. The molecule has 0 N–H and O–H groups in total. The molecule has 132 valence electrons. The molecule has 3 rings (SSSR count). The Morgan fingerprint density at radius 3 is 2.40 bits per heavy atom. The first-order chi connectivity index (χ1) is 11.9. The van der Waals surface area contributed by atoms with Crippen molar-refractivity contribution < 1.29 is 13.2 Å². The number of hydrogen-bond donors (Lipinski definition) is 0. The molecule has 0 aliphatic carbocycles. The number of hydrogen-bond acceptors (Lipinski definition) is 3. The largest absolute Gasteiger partial charge is 0.334 e. The summed E-state index contributed by atoms with van der Waals surface area (Å²) in [6, 6.07) is 16.6. The lowest BCUT2D eigenvalue weighted by atomic mass is 10.1. The molecule has 1 heterocycles. The van der Waals surface area contributed by atoms with E-state index in [0.29, 0.717) is 18.0 Å². The highest BCUT2D eigenvalue weighted by molar-refractivity contribution is 7.91. The van der Waals surface area contributed by atoms with Crippen molar-refractivity contribution in [3.8, 4) is 0 Å². The normalized spacial score (nSPS) is 18.8. The van der Waals surface area contributed by atoms with Crippen LogP contribution in [0.4, 0.5) is 0 Å². The van der Waals surface area contributed by atoms with Crippen LogP contribution in [0.5, 0.6) is 0 Å². The molecular formula is C19H20ClNO3S. The van der Waals surface area contributed by atoms with Crippen molar-refractivity contribution in [1.82, 2.24) is 4.90 Å². The zero-order valence-corrected chi connectivity index (χ0v) is 15.3. The van der Waals surface area contributed by atoms with Crippen molar-refractivity contribution in [3.63, 3.8) is 0 Å². The van der Waals surface area contributed by atoms with Gasteiger partial charge >= 0.3 is 0 Å². The average molecular weight is 378 g/mol. The minimum Gasteiger partial charge on any atom is -0.334 e. The average Bonchev–Trinajstić information content (AvgIpc) is 2.95. The van der Waals surface area contributed by atoms with E-state index in [2.05, 4.69) is 0 Å². The Bertz CT molecular complexity index is 852. The van der Waals surface area contributed by atoms with Gasteiger partial charge in [0.15, 0.2) is 9.84 Å². The fourth-order valence-electron chi connectivity index (χ4n) is 3.13. The maximum atomic E-state index is 12.9. The second-order valence-electron chi connectivity index (χ2n) is 6.33. The van der Waals surface area contributed by atoms with Gasteiger partial charge in [0.05, 0.1) is 17.9 Å². The maximum absolute atomic E-state index is 12.9. The molecule has 1 amide bonds. The highest BCUT2D eigenvalue weighted by atomic mass is 35.5. The Morgan fingerprint density at radius 2 is 1.76 bits per heavy atom. The molecule has 1 atom stereocenters. The molecule has 1 saturated heterocycles. The van der Waals surface area contributed by atoms with Gasteiger partial charge in [-0.3, -0.25) is 4.79 Å². The van der Waals surface area contributed by atoms with Gasteiger partial charge < -0.3 is 4.90 Å². The van der Waals surface area contributed by atoms with Crippen LogP contribution >= 0.6 is 11.6 Å². The first kappa shape index (κ1) is 18.0. The molecule has 1 fully saturated rings. The summed E-state index contributed by atoms with van der Waals surface area (Å²) in [5.41, 5.74) is 1.74. The lowest BCUT2D eigenvalue weighted by molar-refractivity contribution is -0.133. The standard InChI is InChI=1S/C19H20ClNO3S/c20-18-9-5-4-8-16(18)12-19(22)21(13-15-6-2-1-3-7-15)17-10-11-25(23,24)14-17/h1-9,17H,10-14H2/t17-/m1/s1. The second kappa shape index (κ2) is 7.58. The number of nitrogens with zero attached hydrogens (tertiary/aromatic N) is 1. The number of carbonyl (C=O) groups is 1. The minimum absolute atomic E-state index is 0.0358. The third-order valence-corrected chi connectivity index (χ3v) is 6.58. The van der Waals surface area contributed by atoms with Gasteiger partial charge in [0, 0.05) is 17.6 Å². The van der Waals surface area contributed by atoms with Gasteiger partial charge in [-0.05, 0) is 23.6 Å². The Kier molecular flexibility index (Phi) is 5.45. The van der Waals surface area contributed by atoms with Gasteiger partial charge in [0.25, 0.3) is 0 Å².